The molecule has 3 atom stereocenters. The zero-order valence-corrected chi connectivity index (χ0v) is 16.3. The molecule has 1 aromatic rings. The number of β-lactam (4-membered cyclic amide) rings is 1. The molecule has 3 rings (SSSR count). The first-order valence-electron chi connectivity index (χ1n) is 9.09. The van der Waals surface area contributed by atoms with Gasteiger partial charge in [-0.2, -0.15) is 4.89 Å². The summed E-state index contributed by atoms with van der Waals surface area (Å²) in [5.41, 5.74) is -0.937. The molecule has 0 radical (unpaired) electrons. The number of non-ortho nitro benzene ring substituents is 1. The van der Waals surface area contributed by atoms with Gasteiger partial charge in [0.1, 0.15) is 12.3 Å². The van der Waals surface area contributed by atoms with E-state index in [-0.39, 0.29) is 36.6 Å². The summed E-state index contributed by atoms with van der Waals surface area (Å²) in [6.45, 7) is 8.02. The van der Waals surface area contributed by atoms with E-state index in [2.05, 4.69) is 0 Å². The molecular weight excluding hydrogens is 368 g/mol. The largest absolute Gasteiger partial charge is 0.356 e. The SMILES string of the molecule is CC1COC(C)(C)N2C(=O)C(C)(COOC(=O)Cc3ccc([N+](=O)[O-])cc3)C12. The topological polar surface area (TPSA) is 108 Å². The number of benzene rings is 1. The molecule has 2 fully saturated rings. The molecule has 9 heteroatoms. The van der Waals surface area contributed by atoms with Crippen molar-refractivity contribution in [1.29, 1.82) is 0 Å². The van der Waals surface area contributed by atoms with Crippen molar-refractivity contribution < 1.29 is 29.0 Å². The minimum atomic E-state index is -0.784. The summed E-state index contributed by atoms with van der Waals surface area (Å²) in [5, 5.41) is 10.6. The highest BCUT2D eigenvalue weighted by molar-refractivity contribution is 5.91. The van der Waals surface area contributed by atoms with Crippen LogP contribution in [0, 0.1) is 21.4 Å². The van der Waals surface area contributed by atoms with Crippen molar-refractivity contribution in [2.24, 2.45) is 11.3 Å². The number of ether oxygens (including phenoxy) is 1. The van der Waals surface area contributed by atoms with Gasteiger partial charge in [-0.05, 0) is 26.3 Å². The molecule has 0 bridgehead atoms. The third kappa shape index (κ3) is 3.47. The van der Waals surface area contributed by atoms with Gasteiger partial charge in [-0.25, -0.2) is 4.79 Å². The Kier molecular flexibility index (Phi) is 5.16. The monoisotopic (exact) mass is 392 g/mol. The number of hydrogen-bond acceptors (Lipinski definition) is 7. The smallest absolute Gasteiger partial charge is 0.346 e. The van der Waals surface area contributed by atoms with Gasteiger partial charge >= 0.3 is 5.97 Å². The zero-order chi connectivity index (χ0) is 20.7. The van der Waals surface area contributed by atoms with Gasteiger partial charge in [0.25, 0.3) is 5.69 Å². The molecule has 0 aromatic heterocycles. The third-order valence-electron chi connectivity index (χ3n) is 5.46. The number of hydrogen-bond donors (Lipinski definition) is 0. The van der Waals surface area contributed by atoms with Gasteiger partial charge in [0.15, 0.2) is 0 Å². The highest BCUT2D eigenvalue weighted by atomic mass is 17.2. The Morgan fingerprint density at radius 3 is 2.57 bits per heavy atom. The molecule has 2 aliphatic rings. The van der Waals surface area contributed by atoms with E-state index in [4.69, 9.17) is 14.5 Å². The van der Waals surface area contributed by atoms with Gasteiger partial charge in [0, 0.05) is 18.1 Å². The number of carbonyl (C=O) groups is 2. The Morgan fingerprint density at radius 1 is 1.32 bits per heavy atom. The number of nitro groups is 1. The summed E-state index contributed by atoms with van der Waals surface area (Å²) in [5.74, 6) is -0.600. The summed E-state index contributed by atoms with van der Waals surface area (Å²) < 4.78 is 5.74. The van der Waals surface area contributed by atoms with Crippen molar-refractivity contribution in [2.45, 2.75) is 45.9 Å². The molecule has 3 unspecified atom stereocenters. The molecule has 0 N–H and O–H groups in total. The molecule has 0 spiro atoms. The Hall–Kier alpha value is -2.52. The fourth-order valence-corrected chi connectivity index (χ4v) is 4.00. The Labute approximate surface area is 162 Å². The van der Waals surface area contributed by atoms with E-state index in [1.165, 1.54) is 24.3 Å². The summed E-state index contributed by atoms with van der Waals surface area (Å²) in [6.07, 6.45) is -0.0878. The maximum absolute atomic E-state index is 12.7. The lowest BCUT2D eigenvalue weighted by molar-refractivity contribution is -0.384. The molecule has 2 aliphatic heterocycles. The van der Waals surface area contributed by atoms with E-state index in [0.29, 0.717) is 12.2 Å². The number of amides is 1. The first-order valence-corrected chi connectivity index (χ1v) is 9.09. The lowest BCUT2D eigenvalue weighted by Gasteiger charge is -2.64. The lowest BCUT2D eigenvalue weighted by Crippen LogP contribution is -2.79. The number of nitro benzene ring substituents is 1. The number of carbonyl (C=O) groups excluding carboxylic acids is 2. The van der Waals surface area contributed by atoms with Gasteiger partial charge in [-0.3, -0.25) is 19.8 Å². The third-order valence-corrected chi connectivity index (χ3v) is 5.46. The van der Waals surface area contributed by atoms with Crippen molar-refractivity contribution in [3.05, 3.63) is 39.9 Å². The van der Waals surface area contributed by atoms with E-state index in [9.17, 15) is 19.7 Å². The van der Waals surface area contributed by atoms with Crippen LogP contribution in [0.2, 0.25) is 0 Å². The number of rotatable bonds is 6. The highest BCUT2D eigenvalue weighted by Crippen LogP contribution is 2.50. The molecule has 0 aliphatic carbocycles. The molecule has 9 nitrogen and oxygen atoms in total. The van der Waals surface area contributed by atoms with Crippen LogP contribution in [0.25, 0.3) is 0 Å². The average molecular weight is 392 g/mol. The second kappa shape index (κ2) is 7.14. The van der Waals surface area contributed by atoms with Gasteiger partial charge in [-0.1, -0.05) is 19.1 Å². The quantitative estimate of drug-likeness (QED) is 0.316. The number of nitrogens with zero attached hydrogens (tertiary/aromatic N) is 2. The summed E-state index contributed by atoms with van der Waals surface area (Å²) in [6, 6.07) is 5.55. The lowest BCUT2D eigenvalue weighted by atomic mass is 9.66. The second-order valence-corrected chi connectivity index (χ2v) is 8.09. The van der Waals surface area contributed by atoms with E-state index < -0.39 is 22.0 Å². The van der Waals surface area contributed by atoms with Crippen molar-refractivity contribution in [3.63, 3.8) is 0 Å². The van der Waals surface area contributed by atoms with Crippen molar-refractivity contribution in [3.8, 4) is 0 Å². The minimum absolute atomic E-state index is 0.0422. The molecule has 28 heavy (non-hydrogen) atoms. The van der Waals surface area contributed by atoms with Crippen LogP contribution in [0.1, 0.15) is 33.3 Å². The van der Waals surface area contributed by atoms with E-state index in [1.54, 1.807) is 11.8 Å². The van der Waals surface area contributed by atoms with Gasteiger partial charge in [-0.15, -0.1) is 0 Å². The maximum atomic E-state index is 12.7. The molecule has 0 saturated carbocycles. The van der Waals surface area contributed by atoms with E-state index in [1.807, 2.05) is 20.8 Å². The molecule has 152 valence electrons. The van der Waals surface area contributed by atoms with Crippen LogP contribution in [-0.4, -0.2) is 46.7 Å². The fraction of sp³-hybridized carbons (Fsp3) is 0.579. The standard InChI is InChI=1S/C19H24N2O7/c1-12-10-26-18(2,3)20-16(12)19(4,17(20)23)11-27-28-15(22)9-13-5-7-14(8-6-13)21(24)25/h5-8,12,16H,9-11H2,1-4H3. The highest BCUT2D eigenvalue weighted by Gasteiger charge is 2.65. The summed E-state index contributed by atoms with van der Waals surface area (Å²) in [4.78, 5) is 46.5. The second-order valence-electron chi connectivity index (χ2n) is 8.09. The maximum Gasteiger partial charge on any atom is 0.346 e. The van der Waals surface area contributed by atoms with Crippen LogP contribution in [0.3, 0.4) is 0 Å². The molecule has 1 aromatic carbocycles. The van der Waals surface area contributed by atoms with E-state index >= 15 is 0 Å². The predicted octanol–water partition coefficient (Wildman–Crippen LogP) is 2.23. The van der Waals surface area contributed by atoms with Crippen molar-refractivity contribution >= 4 is 17.6 Å². The molecule has 2 heterocycles. The number of fused-ring (bicyclic) bond motifs is 1. The van der Waals surface area contributed by atoms with Crippen molar-refractivity contribution in [2.75, 3.05) is 13.2 Å². The first-order chi connectivity index (χ1) is 13.1. The van der Waals surface area contributed by atoms with Crippen LogP contribution in [0.4, 0.5) is 5.69 Å². The van der Waals surface area contributed by atoms with Crippen LogP contribution in [-0.2, 0) is 30.5 Å². The van der Waals surface area contributed by atoms with Gasteiger partial charge in [0.05, 0.1) is 29.4 Å². The molecule has 2 saturated heterocycles. The van der Waals surface area contributed by atoms with Crippen LogP contribution in [0.5, 0.6) is 0 Å². The fourth-order valence-electron chi connectivity index (χ4n) is 4.00. The molecule has 1 amide bonds. The average Bonchev–Trinajstić information content (AvgIpc) is 2.63. The summed E-state index contributed by atoms with van der Waals surface area (Å²) >= 11 is 0. The van der Waals surface area contributed by atoms with Crippen LogP contribution in [0.15, 0.2) is 24.3 Å². The van der Waals surface area contributed by atoms with Crippen LogP contribution >= 0.6 is 0 Å². The van der Waals surface area contributed by atoms with Crippen molar-refractivity contribution in [1.82, 2.24) is 4.90 Å². The molecular formula is C19H24N2O7. The minimum Gasteiger partial charge on any atom is -0.356 e. The summed E-state index contributed by atoms with van der Waals surface area (Å²) in [7, 11) is 0. The Balaban J connectivity index is 1.53. The van der Waals surface area contributed by atoms with E-state index in [0.717, 1.165) is 0 Å². The normalized spacial score (nSPS) is 28.3. The van der Waals surface area contributed by atoms with Crippen LogP contribution < -0.4 is 0 Å². The van der Waals surface area contributed by atoms with Gasteiger partial charge < -0.3 is 9.64 Å². The Bertz CT molecular complexity index is 792. The predicted molar refractivity (Wildman–Crippen MR) is 96.8 cm³/mol. The first kappa shape index (κ1) is 20.2. The van der Waals surface area contributed by atoms with Gasteiger partial charge in [0.2, 0.25) is 5.91 Å². The zero-order valence-electron chi connectivity index (χ0n) is 16.3. The Morgan fingerprint density at radius 2 is 1.96 bits per heavy atom.